The average molecular weight is 1380 g/mol. The Bertz CT molecular complexity index is 1850. The minimum absolute atomic E-state index is 0.105. The number of carbonyl (C=O) groups excluding carboxylic acids is 4. The van der Waals surface area contributed by atoms with Crippen LogP contribution in [0.5, 0.6) is 0 Å². The van der Waals surface area contributed by atoms with Gasteiger partial charge in [0.15, 0.2) is 12.2 Å². The maximum absolute atomic E-state index is 13.1. The number of esters is 4. The van der Waals surface area contributed by atoms with Gasteiger partial charge in [0.05, 0.1) is 26.4 Å². The second kappa shape index (κ2) is 64.4. The number of aliphatic hydroxyl groups is 1. The smallest absolute Gasteiger partial charge is 0.462 e. The van der Waals surface area contributed by atoms with Gasteiger partial charge in [-0.2, -0.15) is 0 Å². The summed E-state index contributed by atoms with van der Waals surface area (Å²) in [5.41, 5.74) is 0. The fourth-order valence-corrected chi connectivity index (χ4v) is 12.9. The van der Waals surface area contributed by atoms with Gasteiger partial charge >= 0.3 is 39.5 Å². The molecule has 3 N–H and O–H groups in total. The van der Waals surface area contributed by atoms with E-state index in [1.54, 1.807) is 0 Å². The van der Waals surface area contributed by atoms with Gasteiger partial charge in [-0.15, -0.1) is 0 Å². The molecule has 0 fully saturated rings. The van der Waals surface area contributed by atoms with Gasteiger partial charge in [0.25, 0.3) is 0 Å². The lowest BCUT2D eigenvalue weighted by molar-refractivity contribution is -0.161. The third kappa shape index (κ3) is 67.3. The summed E-state index contributed by atoms with van der Waals surface area (Å²) in [6.45, 7) is 14.2. The Morgan fingerprint density at radius 2 is 0.511 bits per heavy atom. The number of phosphoric acid groups is 2. The van der Waals surface area contributed by atoms with Crippen LogP contribution >= 0.6 is 15.6 Å². The highest BCUT2D eigenvalue weighted by molar-refractivity contribution is 7.47. The van der Waals surface area contributed by atoms with E-state index in [-0.39, 0.29) is 25.7 Å². The zero-order valence-electron chi connectivity index (χ0n) is 61.6. The molecule has 558 valence electrons. The molecule has 0 aromatic carbocycles. The van der Waals surface area contributed by atoms with E-state index in [4.69, 9.17) is 37.0 Å². The van der Waals surface area contributed by atoms with Gasteiger partial charge in [-0.05, 0) is 49.4 Å². The molecule has 0 heterocycles. The molecule has 0 spiro atoms. The van der Waals surface area contributed by atoms with E-state index in [1.165, 1.54) is 173 Å². The van der Waals surface area contributed by atoms with Crippen molar-refractivity contribution < 1.29 is 80.2 Å². The highest BCUT2D eigenvalue weighted by Crippen LogP contribution is 2.45. The van der Waals surface area contributed by atoms with Crippen molar-refractivity contribution in [2.75, 3.05) is 39.6 Å². The molecule has 0 aromatic rings. The number of aliphatic hydroxyl groups excluding tert-OH is 1. The maximum atomic E-state index is 13.1. The third-order valence-corrected chi connectivity index (χ3v) is 19.6. The second-order valence-electron chi connectivity index (χ2n) is 28.7. The Morgan fingerprint density at radius 1 is 0.298 bits per heavy atom. The fourth-order valence-electron chi connectivity index (χ4n) is 11.3. The molecule has 3 unspecified atom stereocenters. The van der Waals surface area contributed by atoms with Crippen LogP contribution in [-0.2, 0) is 65.4 Å². The van der Waals surface area contributed by atoms with Crippen LogP contribution in [0.1, 0.15) is 376 Å². The van der Waals surface area contributed by atoms with Crippen molar-refractivity contribution in [2.24, 2.45) is 23.7 Å². The summed E-state index contributed by atoms with van der Waals surface area (Å²) in [4.78, 5) is 72.8. The standard InChI is InChI=1S/C75H146O17P2/c1-9-68(8)54-46-38-33-34-40-48-56-73(78)86-62-71(92-74(79)57-49-41-31-25-18-14-12-10-11-13-16-21-27-35-43-51-65(2)3)64-90-94(83,84)88-60-69(76)59-87-93(81,82)89-63-70(91-75(80)58-50-42-32-26-20-23-29-37-45-53-67(6)7)61-85-72(77)55-47-39-30-24-19-15-17-22-28-36-44-52-66(4)5/h65-71,76H,9-64H2,1-8H3,(H,81,82)(H,83,84)/t68?,69-,70-,71-/m1/s1. The van der Waals surface area contributed by atoms with Gasteiger partial charge in [0.1, 0.15) is 19.3 Å². The first-order valence-corrected chi connectivity index (χ1v) is 41.7. The van der Waals surface area contributed by atoms with Crippen LogP contribution in [0, 0.1) is 23.7 Å². The summed E-state index contributed by atoms with van der Waals surface area (Å²) in [5, 5.41) is 10.6. The topological polar surface area (TPSA) is 237 Å². The SMILES string of the molecule is CCC(C)CCCCCCCCC(=O)OC[C@H](COP(=O)(O)OC[C@H](O)COP(=O)(O)OC[C@@H](COC(=O)CCCCCCCCCCCCCC(C)C)OC(=O)CCCCCCCCCCCC(C)C)OC(=O)CCCCCCCCCCCCCCCCCC(C)C. The molecule has 19 heteroatoms. The average Bonchev–Trinajstić information content (AvgIpc) is 1.79. The Hall–Kier alpha value is -1.94. The minimum Gasteiger partial charge on any atom is -0.462 e. The van der Waals surface area contributed by atoms with Gasteiger partial charge < -0.3 is 33.8 Å². The molecule has 0 aliphatic carbocycles. The first kappa shape index (κ1) is 92.1. The number of carbonyl (C=O) groups is 4. The Labute approximate surface area is 575 Å². The van der Waals surface area contributed by atoms with Crippen LogP contribution < -0.4 is 0 Å². The molecule has 0 aromatic heterocycles. The molecule has 6 atom stereocenters. The number of ether oxygens (including phenoxy) is 4. The molecule has 0 radical (unpaired) electrons. The van der Waals surface area contributed by atoms with Crippen LogP contribution in [0.25, 0.3) is 0 Å². The first-order chi connectivity index (χ1) is 45.1. The summed E-state index contributed by atoms with van der Waals surface area (Å²) in [5.74, 6) is 0.918. The van der Waals surface area contributed by atoms with Crippen molar-refractivity contribution in [3.63, 3.8) is 0 Å². The van der Waals surface area contributed by atoms with E-state index in [0.717, 1.165) is 120 Å². The lowest BCUT2D eigenvalue weighted by Gasteiger charge is -2.21. The number of hydrogen-bond acceptors (Lipinski definition) is 15. The van der Waals surface area contributed by atoms with Gasteiger partial charge in [0.2, 0.25) is 0 Å². The Kier molecular flexibility index (Phi) is 63.1. The molecule has 0 rings (SSSR count). The predicted molar refractivity (Wildman–Crippen MR) is 381 cm³/mol. The molecule has 0 bridgehead atoms. The van der Waals surface area contributed by atoms with Crippen molar-refractivity contribution >= 4 is 39.5 Å². The molecule has 94 heavy (non-hydrogen) atoms. The van der Waals surface area contributed by atoms with Crippen molar-refractivity contribution in [1.82, 2.24) is 0 Å². The van der Waals surface area contributed by atoms with Crippen molar-refractivity contribution in [2.45, 2.75) is 395 Å². The van der Waals surface area contributed by atoms with Crippen LogP contribution in [0.4, 0.5) is 0 Å². The van der Waals surface area contributed by atoms with Crippen LogP contribution in [-0.4, -0.2) is 96.7 Å². The second-order valence-corrected chi connectivity index (χ2v) is 31.6. The molecule has 0 amide bonds. The molecular weight excluding hydrogens is 1230 g/mol. The first-order valence-electron chi connectivity index (χ1n) is 38.7. The minimum atomic E-state index is -4.96. The number of hydrogen-bond donors (Lipinski definition) is 3. The summed E-state index contributed by atoms with van der Waals surface area (Å²) in [7, 11) is -9.91. The molecule has 17 nitrogen and oxygen atoms in total. The number of unbranched alkanes of at least 4 members (excludes halogenated alkanes) is 37. The van der Waals surface area contributed by atoms with Gasteiger partial charge in [-0.25, -0.2) is 9.13 Å². The number of rotatable bonds is 72. The van der Waals surface area contributed by atoms with E-state index in [1.807, 2.05) is 0 Å². The summed E-state index contributed by atoms with van der Waals surface area (Å²) >= 11 is 0. The van der Waals surface area contributed by atoms with Crippen molar-refractivity contribution in [3.05, 3.63) is 0 Å². The van der Waals surface area contributed by atoms with Crippen molar-refractivity contribution in [3.8, 4) is 0 Å². The highest BCUT2D eigenvalue weighted by Gasteiger charge is 2.30. The summed E-state index contributed by atoms with van der Waals surface area (Å²) < 4.78 is 68.5. The molecule has 0 aliphatic rings. The Morgan fingerprint density at radius 3 is 0.755 bits per heavy atom. The maximum Gasteiger partial charge on any atom is 0.472 e. The summed E-state index contributed by atoms with van der Waals surface area (Å²) in [6.07, 6.45) is 48.6. The van der Waals surface area contributed by atoms with Crippen LogP contribution in [0.3, 0.4) is 0 Å². The predicted octanol–water partition coefficient (Wildman–Crippen LogP) is 21.7. The zero-order chi connectivity index (χ0) is 69.6. The van der Waals surface area contributed by atoms with E-state index in [0.29, 0.717) is 25.7 Å². The Balaban J connectivity index is 5.23. The van der Waals surface area contributed by atoms with E-state index < -0.39 is 97.5 Å². The zero-order valence-corrected chi connectivity index (χ0v) is 63.4. The largest absolute Gasteiger partial charge is 0.472 e. The van der Waals surface area contributed by atoms with Gasteiger partial charge in [0, 0.05) is 25.7 Å². The number of phosphoric ester groups is 2. The monoisotopic (exact) mass is 1380 g/mol. The van der Waals surface area contributed by atoms with Gasteiger partial charge in [-0.1, -0.05) is 325 Å². The van der Waals surface area contributed by atoms with Crippen LogP contribution in [0.15, 0.2) is 0 Å². The molecule has 0 saturated carbocycles. The third-order valence-electron chi connectivity index (χ3n) is 17.7. The quantitative estimate of drug-likeness (QED) is 0.0222. The van der Waals surface area contributed by atoms with Crippen LogP contribution in [0.2, 0.25) is 0 Å². The lowest BCUT2D eigenvalue weighted by Crippen LogP contribution is -2.30. The van der Waals surface area contributed by atoms with Gasteiger partial charge in [-0.3, -0.25) is 37.3 Å². The molecule has 0 saturated heterocycles. The molecule has 0 aliphatic heterocycles. The molecular formula is C75H146O17P2. The van der Waals surface area contributed by atoms with E-state index >= 15 is 0 Å². The van der Waals surface area contributed by atoms with E-state index in [9.17, 15) is 43.2 Å². The van der Waals surface area contributed by atoms with Crippen molar-refractivity contribution in [1.29, 1.82) is 0 Å². The van der Waals surface area contributed by atoms with E-state index in [2.05, 4.69) is 55.4 Å². The normalized spacial score (nSPS) is 14.4. The highest BCUT2D eigenvalue weighted by atomic mass is 31.2. The lowest BCUT2D eigenvalue weighted by atomic mass is 10.00. The fraction of sp³-hybridized carbons (Fsp3) is 0.947. The summed E-state index contributed by atoms with van der Waals surface area (Å²) in [6, 6.07) is 0.